The Kier molecular flexibility index (Phi) is 30.7. The number of nitrogens with zero attached hydrogens (tertiary/aromatic N) is 1. The van der Waals surface area contributed by atoms with Crippen LogP contribution < -0.4 is 5.11 Å². The van der Waals surface area contributed by atoms with Crippen molar-refractivity contribution in [2.75, 3.05) is 41.0 Å². The molecule has 0 saturated carbocycles. The summed E-state index contributed by atoms with van der Waals surface area (Å²) in [6, 6.07) is -0.730. The van der Waals surface area contributed by atoms with Gasteiger partial charge >= 0.3 is 11.9 Å². The van der Waals surface area contributed by atoms with Crippen LogP contribution in [0.15, 0.2) is 48.6 Å². The summed E-state index contributed by atoms with van der Waals surface area (Å²) in [5.41, 5.74) is 0. The van der Waals surface area contributed by atoms with Crippen molar-refractivity contribution < 1.29 is 38.2 Å². The number of carboxylic acids is 1. The van der Waals surface area contributed by atoms with Gasteiger partial charge in [0.25, 0.3) is 0 Å². The summed E-state index contributed by atoms with van der Waals surface area (Å²) >= 11 is 0. The van der Waals surface area contributed by atoms with Crippen molar-refractivity contribution in [1.29, 1.82) is 0 Å². The Hall–Kier alpha value is -2.71. The van der Waals surface area contributed by atoms with E-state index in [9.17, 15) is 19.5 Å². The molecule has 49 heavy (non-hydrogen) atoms. The number of allylic oxidation sites excluding steroid dienone is 8. The van der Waals surface area contributed by atoms with E-state index in [1.54, 1.807) is 21.1 Å². The number of esters is 2. The molecule has 2 atom stereocenters. The Bertz CT molecular complexity index is 948. The first-order valence-corrected chi connectivity index (χ1v) is 19.2. The van der Waals surface area contributed by atoms with Gasteiger partial charge in [0.05, 0.1) is 40.3 Å². The second-order valence-electron chi connectivity index (χ2n) is 13.8. The van der Waals surface area contributed by atoms with Gasteiger partial charge in [-0.2, -0.15) is 0 Å². The van der Waals surface area contributed by atoms with Crippen LogP contribution in [0.25, 0.3) is 0 Å². The fourth-order valence-electron chi connectivity index (χ4n) is 5.18. The number of hydrogen-bond acceptors (Lipinski definition) is 7. The quantitative estimate of drug-likeness (QED) is 0.0295. The molecule has 0 fully saturated rings. The lowest BCUT2D eigenvalue weighted by atomic mass is 10.1. The highest BCUT2D eigenvalue weighted by Gasteiger charge is 2.25. The van der Waals surface area contributed by atoms with Crippen molar-refractivity contribution in [3.05, 3.63) is 48.6 Å². The molecule has 0 aliphatic rings. The van der Waals surface area contributed by atoms with Crippen LogP contribution in [0, 0.1) is 0 Å². The summed E-state index contributed by atoms with van der Waals surface area (Å²) in [6.07, 6.45) is 35.6. The standard InChI is InChI=1S/C41H71NO7/c1-6-8-10-12-14-16-18-19-20-22-23-25-27-29-31-39(43)48-36-37(35-47-34-33-38(41(45)46)42(3,4)5)49-40(44)32-30-28-26-24-21-17-15-13-11-9-7-2/h8,10,13-16,19-20,37-38H,6-7,9,11-12,17-18,21-36H2,1-5H3/b10-8+,15-13+,16-14+,20-19+. The number of quaternary nitrogens is 1. The molecule has 8 nitrogen and oxygen atoms in total. The summed E-state index contributed by atoms with van der Waals surface area (Å²) in [4.78, 5) is 36.6. The molecule has 0 radical (unpaired) electrons. The highest BCUT2D eigenvalue weighted by atomic mass is 16.6. The molecular formula is C41H71NO7. The highest BCUT2D eigenvalue weighted by molar-refractivity contribution is 5.70. The molecule has 8 heteroatoms. The topological polar surface area (TPSA) is 102 Å². The summed E-state index contributed by atoms with van der Waals surface area (Å²) in [5.74, 6) is -1.78. The normalized spacial score (nSPS) is 13.6. The van der Waals surface area contributed by atoms with Gasteiger partial charge in [-0.1, -0.05) is 107 Å². The molecule has 2 unspecified atom stereocenters. The largest absolute Gasteiger partial charge is 0.544 e. The number of hydrogen-bond donors (Lipinski definition) is 0. The summed E-state index contributed by atoms with van der Waals surface area (Å²) in [7, 11) is 5.38. The first-order valence-electron chi connectivity index (χ1n) is 19.2. The lowest BCUT2D eigenvalue weighted by Crippen LogP contribution is -2.55. The van der Waals surface area contributed by atoms with E-state index >= 15 is 0 Å². The second-order valence-corrected chi connectivity index (χ2v) is 13.8. The number of unbranched alkanes of at least 4 members (excludes halogenated alkanes) is 11. The molecule has 0 rings (SSSR count). The molecule has 0 aliphatic carbocycles. The summed E-state index contributed by atoms with van der Waals surface area (Å²) in [6.45, 7) is 4.45. The van der Waals surface area contributed by atoms with E-state index in [0.717, 1.165) is 96.3 Å². The third kappa shape index (κ3) is 31.0. The van der Waals surface area contributed by atoms with Crippen LogP contribution in [0.5, 0.6) is 0 Å². The Morgan fingerprint density at radius 3 is 1.71 bits per heavy atom. The Morgan fingerprint density at radius 1 is 0.633 bits per heavy atom. The van der Waals surface area contributed by atoms with E-state index < -0.39 is 18.1 Å². The number of carbonyl (C=O) groups excluding carboxylic acids is 3. The molecule has 0 heterocycles. The zero-order valence-corrected chi connectivity index (χ0v) is 31.8. The lowest BCUT2D eigenvalue weighted by molar-refractivity contribution is -0.889. The molecule has 0 bridgehead atoms. The van der Waals surface area contributed by atoms with E-state index in [1.807, 2.05) is 0 Å². The van der Waals surface area contributed by atoms with Crippen LogP contribution in [0.3, 0.4) is 0 Å². The van der Waals surface area contributed by atoms with Crippen molar-refractivity contribution in [3.63, 3.8) is 0 Å². The fraction of sp³-hybridized carbons (Fsp3) is 0.732. The average molecular weight is 690 g/mol. The van der Waals surface area contributed by atoms with Gasteiger partial charge in [-0.15, -0.1) is 0 Å². The van der Waals surface area contributed by atoms with E-state index in [-0.39, 0.29) is 42.7 Å². The van der Waals surface area contributed by atoms with Crippen molar-refractivity contribution >= 4 is 17.9 Å². The van der Waals surface area contributed by atoms with Crippen molar-refractivity contribution in [2.24, 2.45) is 0 Å². The SMILES string of the molecule is CC/C=C/C/C=C/C/C=C/CCCCCCC(=O)OCC(COCCC(C(=O)[O-])[N+](C)(C)C)OC(=O)CCCCCCC/C=C/CCCC. The van der Waals surface area contributed by atoms with Crippen molar-refractivity contribution in [3.8, 4) is 0 Å². The third-order valence-corrected chi connectivity index (χ3v) is 8.20. The number of ether oxygens (including phenoxy) is 3. The van der Waals surface area contributed by atoms with Crippen LogP contribution in [0.1, 0.15) is 142 Å². The molecule has 0 amide bonds. The van der Waals surface area contributed by atoms with Gasteiger partial charge < -0.3 is 28.6 Å². The minimum atomic E-state index is -1.13. The smallest absolute Gasteiger partial charge is 0.306 e. The molecule has 0 saturated heterocycles. The van der Waals surface area contributed by atoms with Crippen LogP contribution in [0.4, 0.5) is 0 Å². The second kappa shape index (κ2) is 32.5. The average Bonchev–Trinajstić information content (AvgIpc) is 3.05. The maximum Gasteiger partial charge on any atom is 0.306 e. The maximum atomic E-state index is 12.6. The monoisotopic (exact) mass is 690 g/mol. The van der Waals surface area contributed by atoms with E-state index in [2.05, 4.69) is 62.5 Å². The number of carboxylic acid groups (broad SMARTS) is 1. The van der Waals surface area contributed by atoms with Gasteiger partial charge in [0, 0.05) is 19.3 Å². The number of likely N-dealkylation sites (N-methyl/N-ethyl adjacent to an activating group) is 1. The molecule has 0 aromatic rings. The Labute approximate surface area is 299 Å². The predicted octanol–water partition coefficient (Wildman–Crippen LogP) is 8.35. The van der Waals surface area contributed by atoms with Crippen molar-refractivity contribution in [1.82, 2.24) is 0 Å². The molecule has 0 aromatic carbocycles. The zero-order valence-electron chi connectivity index (χ0n) is 31.8. The summed E-state index contributed by atoms with van der Waals surface area (Å²) < 4.78 is 17.0. The van der Waals surface area contributed by atoms with Crippen LogP contribution in [-0.4, -0.2) is 75.5 Å². The first-order chi connectivity index (χ1) is 23.6. The maximum absolute atomic E-state index is 12.6. The number of rotatable bonds is 33. The van der Waals surface area contributed by atoms with Gasteiger partial charge in [0.1, 0.15) is 12.6 Å². The van der Waals surface area contributed by atoms with Gasteiger partial charge in [-0.3, -0.25) is 9.59 Å². The molecule has 0 aliphatic heterocycles. The third-order valence-electron chi connectivity index (χ3n) is 8.20. The van der Waals surface area contributed by atoms with Gasteiger partial charge in [0.15, 0.2) is 6.10 Å². The van der Waals surface area contributed by atoms with Gasteiger partial charge in [-0.25, -0.2) is 0 Å². The zero-order chi connectivity index (χ0) is 36.4. The first kappa shape index (κ1) is 46.3. The molecule has 0 aromatic heterocycles. The van der Waals surface area contributed by atoms with Gasteiger partial charge in [0.2, 0.25) is 0 Å². The minimum Gasteiger partial charge on any atom is -0.544 e. The summed E-state index contributed by atoms with van der Waals surface area (Å²) in [5, 5.41) is 11.6. The van der Waals surface area contributed by atoms with Crippen LogP contribution >= 0.6 is 0 Å². The number of aliphatic carboxylic acids is 1. The Morgan fingerprint density at radius 2 is 1.14 bits per heavy atom. The van der Waals surface area contributed by atoms with Crippen molar-refractivity contribution in [2.45, 2.75) is 154 Å². The van der Waals surface area contributed by atoms with E-state index in [0.29, 0.717) is 12.8 Å². The van der Waals surface area contributed by atoms with Crippen LogP contribution in [-0.2, 0) is 28.6 Å². The molecule has 282 valence electrons. The lowest BCUT2D eigenvalue weighted by Gasteiger charge is -2.34. The highest BCUT2D eigenvalue weighted by Crippen LogP contribution is 2.12. The molecule has 0 N–H and O–H groups in total. The van der Waals surface area contributed by atoms with Crippen LogP contribution in [0.2, 0.25) is 0 Å². The number of carbonyl (C=O) groups is 3. The predicted molar refractivity (Wildman–Crippen MR) is 199 cm³/mol. The molecular weight excluding hydrogens is 618 g/mol. The van der Waals surface area contributed by atoms with Gasteiger partial charge in [-0.05, 0) is 64.2 Å². The van der Waals surface area contributed by atoms with E-state index in [1.165, 1.54) is 12.8 Å². The molecule has 0 spiro atoms. The Balaban J connectivity index is 4.47. The minimum absolute atomic E-state index is 0.0287. The fourth-order valence-corrected chi connectivity index (χ4v) is 5.18. The van der Waals surface area contributed by atoms with E-state index in [4.69, 9.17) is 14.2 Å².